The predicted molar refractivity (Wildman–Crippen MR) is 70.1 cm³/mol. The molecule has 0 aromatic carbocycles. The third-order valence-corrected chi connectivity index (χ3v) is 5.19. The molecule has 2 aliphatic carbocycles. The molecule has 1 heteroatoms. The number of rotatable bonds is 2. The molecule has 2 aliphatic rings. The van der Waals surface area contributed by atoms with E-state index in [9.17, 15) is 0 Å². The van der Waals surface area contributed by atoms with Crippen LogP contribution in [0.4, 0.5) is 0 Å². The van der Waals surface area contributed by atoms with Crippen LogP contribution in [-0.4, -0.2) is 5.25 Å². The van der Waals surface area contributed by atoms with Gasteiger partial charge < -0.3 is 0 Å². The first-order chi connectivity index (χ1) is 7.24. The first-order valence-corrected chi connectivity index (χ1v) is 7.47. The first-order valence-electron chi connectivity index (χ1n) is 6.59. The van der Waals surface area contributed by atoms with Crippen LogP contribution in [0, 0.1) is 11.8 Å². The Morgan fingerprint density at radius 3 is 2.73 bits per heavy atom. The summed E-state index contributed by atoms with van der Waals surface area (Å²) < 4.78 is 0. The Balaban J connectivity index is 1.82. The highest BCUT2D eigenvalue weighted by Gasteiger charge is 2.21. The van der Waals surface area contributed by atoms with Crippen molar-refractivity contribution in [2.45, 2.75) is 64.0 Å². The second kappa shape index (κ2) is 5.43. The molecule has 0 bridgehead atoms. The zero-order valence-electron chi connectivity index (χ0n) is 10.2. The van der Waals surface area contributed by atoms with Crippen molar-refractivity contribution in [2.75, 3.05) is 0 Å². The lowest BCUT2D eigenvalue weighted by molar-refractivity contribution is 0.394. The van der Waals surface area contributed by atoms with Gasteiger partial charge in [0.05, 0.1) is 0 Å². The lowest BCUT2D eigenvalue weighted by atomic mass is 9.90. The van der Waals surface area contributed by atoms with E-state index in [-0.39, 0.29) is 0 Å². The smallest absolute Gasteiger partial charge is 0.00936 e. The molecule has 1 saturated carbocycles. The number of hydrogen-bond acceptors (Lipinski definition) is 1. The van der Waals surface area contributed by atoms with Gasteiger partial charge in [0.25, 0.3) is 0 Å². The fraction of sp³-hybridized carbons (Fsp3) is 0.857. The summed E-state index contributed by atoms with van der Waals surface area (Å²) in [5.41, 5.74) is 0. The van der Waals surface area contributed by atoms with Crippen LogP contribution in [-0.2, 0) is 0 Å². The summed E-state index contributed by atoms with van der Waals surface area (Å²) >= 11 is 2.21. The maximum atomic E-state index is 2.50. The Labute approximate surface area is 98.9 Å². The summed E-state index contributed by atoms with van der Waals surface area (Å²) in [6.07, 6.45) is 12.4. The zero-order chi connectivity index (χ0) is 10.7. The molecule has 0 aromatic heterocycles. The second-order valence-corrected chi connectivity index (χ2v) is 7.00. The topological polar surface area (TPSA) is 0 Å². The van der Waals surface area contributed by atoms with Crippen LogP contribution in [0.15, 0.2) is 11.0 Å². The van der Waals surface area contributed by atoms with Crippen LogP contribution >= 0.6 is 11.8 Å². The molecule has 0 aromatic rings. The van der Waals surface area contributed by atoms with E-state index < -0.39 is 0 Å². The molecule has 3 unspecified atom stereocenters. The van der Waals surface area contributed by atoms with Crippen molar-refractivity contribution in [2.24, 2.45) is 11.8 Å². The number of hydrogen-bond donors (Lipinski definition) is 0. The van der Waals surface area contributed by atoms with Crippen molar-refractivity contribution in [3.05, 3.63) is 11.0 Å². The van der Waals surface area contributed by atoms with E-state index >= 15 is 0 Å². The molecule has 0 spiro atoms. The van der Waals surface area contributed by atoms with E-state index in [1.54, 1.807) is 4.91 Å². The van der Waals surface area contributed by atoms with Gasteiger partial charge in [0, 0.05) is 5.25 Å². The maximum Gasteiger partial charge on any atom is 0.00936 e. The van der Waals surface area contributed by atoms with Crippen LogP contribution in [0.1, 0.15) is 58.8 Å². The van der Waals surface area contributed by atoms with Gasteiger partial charge in [-0.2, -0.15) is 0 Å². The number of thioether (sulfide) groups is 1. The molecule has 86 valence electrons. The van der Waals surface area contributed by atoms with E-state index in [1.165, 1.54) is 44.9 Å². The van der Waals surface area contributed by atoms with Gasteiger partial charge in [0.1, 0.15) is 0 Å². The van der Waals surface area contributed by atoms with E-state index in [1.807, 2.05) is 0 Å². The van der Waals surface area contributed by atoms with Crippen LogP contribution in [0.5, 0.6) is 0 Å². The van der Waals surface area contributed by atoms with Crippen molar-refractivity contribution < 1.29 is 0 Å². The molecule has 2 rings (SSSR count). The van der Waals surface area contributed by atoms with Gasteiger partial charge in [-0.25, -0.2) is 0 Å². The summed E-state index contributed by atoms with van der Waals surface area (Å²) in [6, 6.07) is 0. The van der Waals surface area contributed by atoms with E-state index in [2.05, 4.69) is 31.7 Å². The Morgan fingerprint density at radius 1 is 1.13 bits per heavy atom. The van der Waals surface area contributed by atoms with Gasteiger partial charge in [0.15, 0.2) is 0 Å². The Morgan fingerprint density at radius 2 is 2.00 bits per heavy atom. The predicted octanol–water partition coefficient (Wildman–Crippen LogP) is 5.00. The van der Waals surface area contributed by atoms with Crippen molar-refractivity contribution >= 4 is 11.8 Å². The zero-order valence-corrected chi connectivity index (χ0v) is 11.0. The highest BCUT2D eigenvalue weighted by molar-refractivity contribution is 8.03. The minimum absolute atomic E-state index is 0.929. The SMILES string of the molecule is CC1CCC=C(SC2CCCC(C)C2)C1. The van der Waals surface area contributed by atoms with Crippen LogP contribution in [0.25, 0.3) is 0 Å². The van der Waals surface area contributed by atoms with Crippen molar-refractivity contribution in [3.8, 4) is 0 Å². The highest BCUT2D eigenvalue weighted by Crippen LogP contribution is 2.39. The molecule has 3 atom stereocenters. The average molecular weight is 224 g/mol. The molecular formula is C14H24S. The fourth-order valence-electron chi connectivity index (χ4n) is 2.85. The van der Waals surface area contributed by atoms with E-state index in [0.717, 1.165) is 17.1 Å². The minimum Gasteiger partial charge on any atom is -0.128 e. The molecule has 0 heterocycles. The fourth-order valence-corrected chi connectivity index (χ4v) is 4.59. The standard InChI is InChI=1S/C14H24S/c1-11-5-3-7-13(9-11)15-14-8-4-6-12(2)10-14/h7,11-12,14H,3-6,8-10H2,1-2H3. The molecule has 0 nitrogen and oxygen atoms in total. The van der Waals surface area contributed by atoms with Gasteiger partial charge in [-0.3, -0.25) is 0 Å². The minimum atomic E-state index is 0.929. The van der Waals surface area contributed by atoms with Crippen LogP contribution < -0.4 is 0 Å². The Kier molecular flexibility index (Phi) is 4.19. The molecule has 0 saturated heterocycles. The van der Waals surface area contributed by atoms with E-state index in [0.29, 0.717) is 0 Å². The van der Waals surface area contributed by atoms with Crippen molar-refractivity contribution in [1.82, 2.24) is 0 Å². The molecule has 0 aliphatic heterocycles. The normalized spacial score (nSPS) is 37.5. The Hall–Kier alpha value is 0.0900. The summed E-state index contributed by atoms with van der Waals surface area (Å²) in [5, 5.41) is 0.935. The van der Waals surface area contributed by atoms with Crippen LogP contribution in [0.2, 0.25) is 0 Å². The van der Waals surface area contributed by atoms with Crippen molar-refractivity contribution in [3.63, 3.8) is 0 Å². The summed E-state index contributed by atoms with van der Waals surface area (Å²) in [5.74, 6) is 1.90. The van der Waals surface area contributed by atoms with Gasteiger partial charge in [-0.05, 0) is 48.8 Å². The molecule has 0 radical (unpaired) electrons. The average Bonchev–Trinajstić information content (AvgIpc) is 2.17. The Bertz CT molecular complexity index is 231. The maximum absolute atomic E-state index is 2.50. The summed E-state index contributed by atoms with van der Waals surface area (Å²) in [6.45, 7) is 4.82. The van der Waals surface area contributed by atoms with E-state index in [4.69, 9.17) is 0 Å². The van der Waals surface area contributed by atoms with Gasteiger partial charge in [0.2, 0.25) is 0 Å². The summed E-state index contributed by atoms with van der Waals surface area (Å²) in [4.78, 5) is 1.70. The highest BCUT2D eigenvalue weighted by atomic mass is 32.2. The van der Waals surface area contributed by atoms with Gasteiger partial charge in [-0.1, -0.05) is 32.8 Å². The summed E-state index contributed by atoms with van der Waals surface area (Å²) in [7, 11) is 0. The van der Waals surface area contributed by atoms with Gasteiger partial charge in [-0.15, -0.1) is 11.8 Å². The lowest BCUT2D eigenvalue weighted by Gasteiger charge is -2.28. The molecule has 15 heavy (non-hydrogen) atoms. The molecule has 0 amide bonds. The third kappa shape index (κ3) is 3.55. The molecule has 0 N–H and O–H groups in total. The monoisotopic (exact) mass is 224 g/mol. The second-order valence-electron chi connectivity index (χ2n) is 5.57. The molecular weight excluding hydrogens is 200 g/mol. The number of allylic oxidation sites excluding steroid dienone is 2. The first kappa shape index (κ1) is 11.6. The third-order valence-electron chi connectivity index (χ3n) is 3.79. The van der Waals surface area contributed by atoms with Gasteiger partial charge >= 0.3 is 0 Å². The van der Waals surface area contributed by atoms with Crippen LogP contribution in [0.3, 0.4) is 0 Å². The largest absolute Gasteiger partial charge is 0.128 e. The quantitative estimate of drug-likeness (QED) is 0.636. The molecule has 1 fully saturated rings. The lowest BCUT2D eigenvalue weighted by Crippen LogP contribution is -2.16. The van der Waals surface area contributed by atoms with Crippen molar-refractivity contribution in [1.29, 1.82) is 0 Å².